The van der Waals surface area contributed by atoms with Crippen molar-refractivity contribution < 1.29 is 14.4 Å². The summed E-state index contributed by atoms with van der Waals surface area (Å²) < 4.78 is 1.28. The molecule has 1 atom stereocenters. The summed E-state index contributed by atoms with van der Waals surface area (Å²) in [4.78, 5) is 59.5. The van der Waals surface area contributed by atoms with Gasteiger partial charge in [-0.1, -0.05) is 48.0 Å². The van der Waals surface area contributed by atoms with Crippen molar-refractivity contribution in [2.24, 2.45) is 0 Å². The van der Waals surface area contributed by atoms with Gasteiger partial charge in [-0.2, -0.15) is 0 Å². The molecule has 0 saturated carbocycles. The second-order valence-electron chi connectivity index (χ2n) is 10.5. The predicted molar refractivity (Wildman–Crippen MR) is 162 cm³/mol. The molecule has 1 fully saturated rings. The highest BCUT2D eigenvalue weighted by Crippen LogP contribution is 2.21. The number of hydrogen-bond donors (Lipinski definition) is 2. The van der Waals surface area contributed by atoms with E-state index in [-0.39, 0.29) is 30.3 Å². The number of amides is 3. The first-order valence-corrected chi connectivity index (χ1v) is 14.0. The molecule has 2 heterocycles. The van der Waals surface area contributed by atoms with E-state index in [1.165, 1.54) is 10.9 Å². The van der Waals surface area contributed by atoms with Gasteiger partial charge < -0.3 is 20.4 Å². The van der Waals surface area contributed by atoms with Gasteiger partial charge in [0.1, 0.15) is 6.54 Å². The number of benzene rings is 3. The Morgan fingerprint density at radius 1 is 0.905 bits per heavy atom. The number of para-hydroxylation sites is 1. The molecule has 10 heteroatoms. The van der Waals surface area contributed by atoms with E-state index in [2.05, 4.69) is 20.5 Å². The summed E-state index contributed by atoms with van der Waals surface area (Å²) in [6.07, 6.45) is 1.40. The van der Waals surface area contributed by atoms with Crippen LogP contribution in [0.15, 0.2) is 83.9 Å². The van der Waals surface area contributed by atoms with Crippen LogP contribution in [-0.4, -0.2) is 58.4 Å². The third-order valence-corrected chi connectivity index (χ3v) is 7.47. The second kappa shape index (κ2) is 12.7. The Balaban J connectivity index is 1.31. The highest BCUT2D eigenvalue weighted by Gasteiger charge is 2.21. The highest BCUT2D eigenvalue weighted by molar-refractivity contribution is 5.91. The van der Waals surface area contributed by atoms with Crippen LogP contribution in [0, 0.1) is 6.92 Å². The maximum Gasteiger partial charge on any atom is 0.261 e. The Kier molecular flexibility index (Phi) is 8.61. The minimum Gasteiger partial charge on any atom is -0.368 e. The predicted octanol–water partition coefficient (Wildman–Crippen LogP) is 3.26. The van der Waals surface area contributed by atoms with Crippen LogP contribution in [0.4, 0.5) is 11.4 Å². The number of carbonyl (C=O) groups is 3. The number of anilines is 2. The molecule has 1 unspecified atom stereocenters. The van der Waals surface area contributed by atoms with Crippen LogP contribution in [0.2, 0.25) is 0 Å². The summed E-state index contributed by atoms with van der Waals surface area (Å²) in [6.45, 7) is 5.87. The first-order chi connectivity index (χ1) is 20.3. The van der Waals surface area contributed by atoms with Gasteiger partial charge in [0, 0.05) is 44.5 Å². The van der Waals surface area contributed by atoms with Crippen LogP contribution in [-0.2, 0) is 20.9 Å². The molecule has 0 aliphatic carbocycles. The van der Waals surface area contributed by atoms with Crippen molar-refractivity contribution >= 4 is 40.0 Å². The molecule has 3 amide bonds. The second-order valence-corrected chi connectivity index (χ2v) is 10.5. The molecule has 0 spiro atoms. The third kappa shape index (κ3) is 6.83. The molecule has 4 aromatic rings. The van der Waals surface area contributed by atoms with Gasteiger partial charge in [0.15, 0.2) is 0 Å². The van der Waals surface area contributed by atoms with Gasteiger partial charge in [-0.05, 0) is 42.8 Å². The van der Waals surface area contributed by atoms with Crippen molar-refractivity contribution in [3.05, 3.63) is 101 Å². The lowest BCUT2D eigenvalue weighted by Crippen LogP contribution is -2.48. The fraction of sp³-hybridized carbons (Fsp3) is 0.281. The van der Waals surface area contributed by atoms with Gasteiger partial charge in [-0.15, -0.1) is 0 Å². The Bertz CT molecular complexity index is 1640. The van der Waals surface area contributed by atoms with Crippen LogP contribution in [0.25, 0.3) is 10.9 Å². The van der Waals surface area contributed by atoms with Crippen molar-refractivity contribution in [2.45, 2.75) is 32.9 Å². The molecular formula is C32H34N6O4. The number of nitrogens with one attached hydrogen (secondary N) is 2. The van der Waals surface area contributed by atoms with Crippen LogP contribution < -0.4 is 21.1 Å². The highest BCUT2D eigenvalue weighted by atomic mass is 16.2. The normalized spacial score (nSPS) is 14.0. The van der Waals surface area contributed by atoms with Crippen molar-refractivity contribution in [2.75, 3.05) is 36.4 Å². The van der Waals surface area contributed by atoms with Gasteiger partial charge in [0.25, 0.3) is 5.56 Å². The molecule has 0 radical (unpaired) electrons. The molecule has 10 nitrogen and oxygen atoms in total. The molecule has 1 saturated heterocycles. The topological polar surface area (TPSA) is 117 Å². The van der Waals surface area contributed by atoms with Crippen LogP contribution >= 0.6 is 0 Å². The number of aryl methyl sites for hydroxylation is 1. The number of rotatable bonds is 8. The van der Waals surface area contributed by atoms with E-state index in [1.54, 1.807) is 36.1 Å². The van der Waals surface area contributed by atoms with Gasteiger partial charge in [-0.25, -0.2) is 4.98 Å². The SMILES string of the molecule is CC(=O)N1CCN(c2ccc3ncn(CC(=O)NC(CC(=O)Nc4ccccc4)c4ccc(C)cc4)c(=O)c3c2)CC1. The Labute approximate surface area is 244 Å². The van der Waals surface area contributed by atoms with E-state index < -0.39 is 11.9 Å². The zero-order valence-electron chi connectivity index (χ0n) is 23.7. The number of aromatic nitrogens is 2. The van der Waals surface area contributed by atoms with Crippen molar-refractivity contribution in [3.63, 3.8) is 0 Å². The summed E-state index contributed by atoms with van der Waals surface area (Å²) in [5, 5.41) is 6.22. The molecule has 5 rings (SSSR count). The third-order valence-electron chi connectivity index (χ3n) is 7.47. The van der Waals surface area contributed by atoms with Gasteiger partial charge in [0.05, 0.1) is 29.7 Å². The minimum atomic E-state index is -0.591. The van der Waals surface area contributed by atoms with Gasteiger partial charge in [-0.3, -0.25) is 23.7 Å². The zero-order chi connectivity index (χ0) is 29.6. The summed E-state index contributed by atoms with van der Waals surface area (Å²) in [5.74, 6) is -0.596. The van der Waals surface area contributed by atoms with E-state index in [0.29, 0.717) is 42.8 Å². The number of carbonyl (C=O) groups excluding carboxylic acids is 3. The van der Waals surface area contributed by atoms with Crippen LogP contribution in [0.3, 0.4) is 0 Å². The standard InChI is InChI=1S/C32H34N6O4/c1-22-8-10-24(11-9-22)29(19-30(40)34-25-6-4-3-5-7-25)35-31(41)20-38-21-33-28-13-12-26(18-27(28)32(38)42)37-16-14-36(15-17-37)23(2)39/h3-13,18,21,29H,14-17,19-20H2,1-2H3,(H,34,40)(H,35,41). The lowest BCUT2D eigenvalue weighted by atomic mass is 10.0. The maximum absolute atomic E-state index is 13.4. The molecule has 0 bridgehead atoms. The van der Waals surface area contributed by atoms with E-state index in [9.17, 15) is 19.2 Å². The number of nitrogens with zero attached hydrogens (tertiary/aromatic N) is 4. The van der Waals surface area contributed by atoms with E-state index in [1.807, 2.05) is 55.5 Å². The molecular weight excluding hydrogens is 532 g/mol. The Morgan fingerprint density at radius 2 is 1.62 bits per heavy atom. The van der Waals surface area contributed by atoms with E-state index in [0.717, 1.165) is 16.8 Å². The van der Waals surface area contributed by atoms with Crippen molar-refractivity contribution in [3.8, 4) is 0 Å². The minimum absolute atomic E-state index is 0.0226. The maximum atomic E-state index is 13.4. The molecule has 1 aromatic heterocycles. The molecule has 3 aromatic carbocycles. The average Bonchev–Trinajstić information content (AvgIpc) is 2.99. The van der Waals surface area contributed by atoms with Gasteiger partial charge >= 0.3 is 0 Å². The Morgan fingerprint density at radius 3 is 2.31 bits per heavy atom. The zero-order valence-corrected chi connectivity index (χ0v) is 23.7. The lowest BCUT2D eigenvalue weighted by Gasteiger charge is -2.35. The number of hydrogen-bond acceptors (Lipinski definition) is 6. The number of piperazine rings is 1. The smallest absolute Gasteiger partial charge is 0.261 e. The fourth-order valence-electron chi connectivity index (χ4n) is 5.10. The molecule has 216 valence electrons. The summed E-state index contributed by atoms with van der Waals surface area (Å²) in [5.41, 5.74) is 3.61. The molecule has 1 aliphatic heterocycles. The van der Waals surface area contributed by atoms with Crippen molar-refractivity contribution in [1.29, 1.82) is 0 Å². The summed E-state index contributed by atoms with van der Waals surface area (Å²) in [6, 6.07) is 21.7. The summed E-state index contributed by atoms with van der Waals surface area (Å²) >= 11 is 0. The average molecular weight is 567 g/mol. The molecule has 2 N–H and O–H groups in total. The summed E-state index contributed by atoms with van der Waals surface area (Å²) in [7, 11) is 0. The Hall–Kier alpha value is -4.99. The van der Waals surface area contributed by atoms with Crippen molar-refractivity contribution in [1.82, 2.24) is 19.8 Å². The largest absolute Gasteiger partial charge is 0.368 e. The lowest BCUT2D eigenvalue weighted by molar-refractivity contribution is -0.129. The molecule has 42 heavy (non-hydrogen) atoms. The van der Waals surface area contributed by atoms with E-state index in [4.69, 9.17) is 0 Å². The monoisotopic (exact) mass is 566 g/mol. The first kappa shape index (κ1) is 28.5. The van der Waals surface area contributed by atoms with Gasteiger partial charge in [0.2, 0.25) is 17.7 Å². The van der Waals surface area contributed by atoms with Crippen LogP contribution in [0.1, 0.15) is 30.5 Å². The number of fused-ring (bicyclic) bond motifs is 1. The van der Waals surface area contributed by atoms with Crippen LogP contribution in [0.5, 0.6) is 0 Å². The molecule has 1 aliphatic rings. The van der Waals surface area contributed by atoms with E-state index >= 15 is 0 Å². The quantitative estimate of drug-likeness (QED) is 0.338. The first-order valence-electron chi connectivity index (χ1n) is 14.0. The fourth-order valence-corrected chi connectivity index (χ4v) is 5.10.